The summed E-state index contributed by atoms with van der Waals surface area (Å²) in [6, 6.07) is 16.1. The van der Waals surface area contributed by atoms with Crippen molar-refractivity contribution in [2.75, 3.05) is 19.7 Å². The Kier molecular flexibility index (Phi) is 6.23. The number of amides is 2. The fourth-order valence-corrected chi connectivity index (χ4v) is 5.80. The highest BCUT2D eigenvalue weighted by molar-refractivity contribution is 5.83. The molecular weight excluding hydrogens is 448 g/mol. The number of hydrogen-bond donors (Lipinski definition) is 3. The number of carboxylic acid groups (broad SMARTS) is 1. The molecular formula is C27H30N2O6. The summed E-state index contributed by atoms with van der Waals surface area (Å²) in [4.78, 5) is 38.4. The van der Waals surface area contributed by atoms with Crippen LogP contribution in [0.15, 0.2) is 48.5 Å². The lowest BCUT2D eigenvalue weighted by molar-refractivity contribution is -0.167. The smallest absolute Gasteiger partial charge is 0.407 e. The Morgan fingerprint density at radius 2 is 1.69 bits per heavy atom. The summed E-state index contributed by atoms with van der Waals surface area (Å²) in [5, 5.41) is 22.5. The zero-order chi connectivity index (χ0) is 24.6. The fraction of sp³-hybridized carbons (Fsp3) is 0.444. The molecule has 3 atom stereocenters. The summed E-state index contributed by atoms with van der Waals surface area (Å²) < 4.78 is 5.62. The van der Waals surface area contributed by atoms with Crippen molar-refractivity contribution in [3.63, 3.8) is 0 Å². The van der Waals surface area contributed by atoms with Gasteiger partial charge in [0.1, 0.15) is 6.61 Å². The number of likely N-dealkylation sites (tertiary alicyclic amines) is 1. The molecule has 1 aliphatic heterocycles. The van der Waals surface area contributed by atoms with Crippen molar-refractivity contribution in [1.29, 1.82) is 0 Å². The van der Waals surface area contributed by atoms with Crippen LogP contribution >= 0.6 is 0 Å². The first-order valence-corrected chi connectivity index (χ1v) is 12.2. The van der Waals surface area contributed by atoms with Crippen molar-refractivity contribution >= 4 is 18.0 Å². The van der Waals surface area contributed by atoms with E-state index in [9.17, 15) is 24.6 Å². The molecule has 5 rings (SSSR count). The number of carbonyl (C=O) groups excluding carboxylic acids is 2. The maximum Gasteiger partial charge on any atom is 0.407 e. The molecule has 8 heteroatoms. The number of hydrogen-bond acceptors (Lipinski definition) is 5. The number of aliphatic carboxylic acids is 1. The molecule has 1 saturated carbocycles. The lowest BCUT2D eigenvalue weighted by atomic mass is 9.92. The van der Waals surface area contributed by atoms with Crippen molar-refractivity contribution in [3.8, 4) is 11.1 Å². The molecule has 8 nitrogen and oxygen atoms in total. The van der Waals surface area contributed by atoms with Gasteiger partial charge in [-0.05, 0) is 54.4 Å². The Morgan fingerprint density at radius 1 is 1.03 bits per heavy atom. The molecule has 3 N–H and O–H groups in total. The number of aliphatic hydroxyl groups is 1. The second-order valence-electron chi connectivity index (χ2n) is 9.88. The van der Waals surface area contributed by atoms with Gasteiger partial charge in [0.25, 0.3) is 0 Å². The van der Waals surface area contributed by atoms with Gasteiger partial charge in [-0.2, -0.15) is 0 Å². The third kappa shape index (κ3) is 4.50. The predicted octanol–water partition coefficient (Wildman–Crippen LogP) is 3.13. The molecule has 0 bridgehead atoms. The third-order valence-electron chi connectivity index (χ3n) is 7.63. The lowest BCUT2D eigenvalue weighted by Crippen LogP contribution is -2.55. The number of carboxylic acids is 1. The van der Waals surface area contributed by atoms with Crippen molar-refractivity contribution < 1.29 is 29.3 Å². The Labute approximate surface area is 203 Å². The number of ether oxygens (including phenoxy) is 1. The number of nitrogens with zero attached hydrogens (tertiary/aromatic N) is 1. The molecule has 0 radical (unpaired) electrons. The number of β-amino-alcohol motifs (C(OH)–C–C–N with tert-alkyl or cyclic N) is 1. The molecule has 2 amide bonds. The Hall–Kier alpha value is -3.39. The van der Waals surface area contributed by atoms with Crippen LogP contribution in [0.5, 0.6) is 0 Å². The third-order valence-corrected chi connectivity index (χ3v) is 7.63. The van der Waals surface area contributed by atoms with Gasteiger partial charge in [-0.15, -0.1) is 0 Å². The second kappa shape index (κ2) is 9.34. The van der Waals surface area contributed by atoms with Gasteiger partial charge in [0, 0.05) is 24.4 Å². The van der Waals surface area contributed by atoms with Gasteiger partial charge in [0.05, 0.1) is 6.54 Å². The predicted molar refractivity (Wildman–Crippen MR) is 128 cm³/mol. The normalized spacial score (nSPS) is 25.6. The first-order valence-electron chi connectivity index (χ1n) is 12.2. The largest absolute Gasteiger partial charge is 0.479 e. The first kappa shape index (κ1) is 23.4. The van der Waals surface area contributed by atoms with E-state index in [0.29, 0.717) is 32.2 Å². The molecule has 1 saturated heterocycles. The van der Waals surface area contributed by atoms with Crippen LogP contribution in [0.3, 0.4) is 0 Å². The van der Waals surface area contributed by atoms with E-state index < -0.39 is 17.7 Å². The summed E-state index contributed by atoms with van der Waals surface area (Å²) in [6.45, 7) is 0.480. The van der Waals surface area contributed by atoms with Crippen LogP contribution in [0.25, 0.3) is 11.1 Å². The molecule has 1 heterocycles. The summed E-state index contributed by atoms with van der Waals surface area (Å²) >= 11 is 0. The van der Waals surface area contributed by atoms with Crippen molar-refractivity contribution in [2.45, 2.75) is 49.7 Å². The highest BCUT2D eigenvalue weighted by atomic mass is 16.5. The number of rotatable bonds is 5. The first-order chi connectivity index (χ1) is 16.9. The van der Waals surface area contributed by atoms with Gasteiger partial charge in [-0.1, -0.05) is 48.5 Å². The SMILES string of the molecule is O=C(NC1CCC(C(=O)N2CCCC(O)(C(=O)O)C2)C1)OCC1c2ccccc2-c2ccccc21. The van der Waals surface area contributed by atoms with Crippen LogP contribution < -0.4 is 5.32 Å². The van der Waals surface area contributed by atoms with Crippen LogP contribution in [0, 0.1) is 5.92 Å². The van der Waals surface area contributed by atoms with Gasteiger partial charge in [-0.3, -0.25) is 4.79 Å². The maximum absolute atomic E-state index is 13.0. The molecule has 0 aromatic heterocycles. The molecule has 0 spiro atoms. The van der Waals surface area contributed by atoms with E-state index in [4.69, 9.17) is 4.74 Å². The van der Waals surface area contributed by atoms with E-state index in [2.05, 4.69) is 29.6 Å². The van der Waals surface area contributed by atoms with Crippen molar-refractivity contribution in [3.05, 3.63) is 59.7 Å². The maximum atomic E-state index is 13.0. The number of alkyl carbamates (subject to hydrolysis) is 1. The van der Waals surface area contributed by atoms with Crippen LogP contribution in [0.4, 0.5) is 4.79 Å². The van der Waals surface area contributed by atoms with Crippen molar-refractivity contribution in [2.24, 2.45) is 5.92 Å². The fourth-order valence-electron chi connectivity index (χ4n) is 5.80. The minimum Gasteiger partial charge on any atom is -0.479 e. The van der Waals surface area contributed by atoms with Gasteiger partial charge in [0.2, 0.25) is 5.91 Å². The van der Waals surface area contributed by atoms with Gasteiger partial charge >= 0.3 is 12.1 Å². The number of nitrogens with one attached hydrogen (secondary N) is 1. The average Bonchev–Trinajstić information content (AvgIpc) is 3.45. The Morgan fingerprint density at radius 3 is 2.34 bits per heavy atom. The average molecular weight is 479 g/mol. The zero-order valence-corrected chi connectivity index (χ0v) is 19.5. The van der Waals surface area contributed by atoms with E-state index in [1.54, 1.807) is 0 Å². The number of benzene rings is 2. The molecule has 3 aliphatic rings. The zero-order valence-electron chi connectivity index (χ0n) is 19.5. The van der Waals surface area contributed by atoms with Gasteiger partial charge < -0.3 is 25.2 Å². The summed E-state index contributed by atoms with van der Waals surface area (Å²) in [7, 11) is 0. The molecule has 2 aromatic carbocycles. The summed E-state index contributed by atoms with van der Waals surface area (Å²) in [5.41, 5.74) is 2.75. The summed E-state index contributed by atoms with van der Waals surface area (Å²) in [5.74, 6) is -1.76. The highest BCUT2D eigenvalue weighted by Crippen LogP contribution is 2.44. The quantitative estimate of drug-likeness (QED) is 0.608. The van der Waals surface area contributed by atoms with E-state index in [-0.39, 0.29) is 43.4 Å². The van der Waals surface area contributed by atoms with E-state index in [1.165, 1.54) is 16.0 Å². The van der Waals surface area contributed by atoms with E-state index in [0.717, 1.165) is 11.1 Å². The Balaban J connectivity index is 1.15. The van der Waals surface area contributed by atoms with Crippen LogP contribution in [-0.2, 0) is 14.3 Å². The topological polar surface area (TPSA) is 116 Å². The van der Waals surface area contributed by atoms with Crippen LogP contribution in [0.1, 0.15) is 49.1 Å². The molecule has 2 aliphatic carbocycles. The minimum absolute atomic E-state index is 0.0156. The van der Waals surface area contributed by atoms with Gasteiger partial charge in [-0.25, -0.2) is 9.59 Å². The molecule has 35 heavy (non-hydrogen) atoms. The molecule has 184 valence electrons. The molecule has 3 unspecified atom stereocenters. The van der Waals surface area contributed by atoms with E-state index in [1.807, 2.05) is 24.3 Å². The van der Waals surface area contributed by atoms with Crippen molar-refractivity contribution in [1.82, 2.24) is 10.2 Å². The monoisotopic (exact) mass is 478 g/mol. The summed E-state index contributed by atoms with van der Waals surface area (Å²) in [6.07, 6.45) is 1.83. The second-order valence-corrected chi connectivity index (χ2v) is 9.88. The highest BCUT2D eigenvalue weighted by Gasteiger charge is 2.44. The van der Waals surface area contributed by atoms with Crippen LogP contribution in [-0.4, -0.2) is 64.4 Å². The van der Waals surface area contributed by atoms with E-state index >= 15 is 0 Å². The minimum atomic E-state index is -1.88. The van der Waals surface area contributed by atoms with Crippen LogP contribution in [0.2, 0.25) is 0 Å². The molecule has 2 fully saturated rings. The standard InChI is InChI=1S/C27H30N2O6/c30-24(29-13-5-12-27(34,16-29)25(31)32)17-10-11-18(14-17)28-26(33)35-15-23-21-8-3-1-6-19(21)20-7-2-4-9-22(20)23/h1-4,6-9,17-18,23,34H,5,10-16H2,(H,28,33)(H,31,32). The molecule has 2 aromatic rings. The number of piperidine rings is 1. The Bertz CT molecular complexity index is 1100. The number of fused-ring (bicyclic) bond motifs is 3. The number of carbonyl (C=O) groups is 3. The van der Waals surface area contributed by atoms with Gasteiger partial charge in [0.15, 0.2) is 5.60 Å². The lowest BCUT2D eigenvalue weighted by Gasteiger charge is -2.37.